The number of benzene rings is 1. The van der Waals surface area contributed by atoms with Crippen molar-refractivity contribution in [2.75, 3.05) is 7.11 Å². The number of carboxylic acids is 1. The predicted molar refractivity (Wildman–Crippen MR) is 82.6 cm³/mol. The van der Waals surface area contributed by atoms with Crippen LogP contribution in [-0.4, -0.2) is 18.2 Å². The number of carbonyl (C=O) groups is 1. The van der Waals surface area contributed by atoms with Gasteiger partial charge in [-0.1, -0.05) is 26.8 Å². The third-order valence-corrected chi connectivity index (χ3v) is 4.62. The van der Waals surface area contributed by atoms with Crippen LogP contribution >= 0.6 is 15.9 Å². The van der Waals surface area contributed by atoms with Gasteiger partial charge in [-0.15, -0.1) is 0 Å². The van der Waals surface area contributed by atoms with Crippen LogP contribution in [0, 0.1) is 0 Å². The Kier molecular flexibility index (Phi) is 3.89. The minimum Gasteiger partial charge on any atom is -0.495 e. The lowest BCUT2D eigenvalue weighted by atomic mass is 9.82. The van der Waals surface area contributed by atoms with E-state index in [1.807, 2.05) is 0 Å². The summed E-state index contributed by atoms with van der Waals surface area (Å²) in [5.41, 5.74) is 1.99. The van der Waals surface area contributed by atoms with Crippen molar-refractivity contribution in [3.63, 3.8) is 0 Å². The molecule has 0 saturated heterocycles. The molecule has 0 bridgehead atoms. The quantitative estimate of drug-likeness (QED) is 0.890. The lowest BCUT2D eigenvalue weighted by Crippen LogP contribution is -2.17. The second kappa shape index (κ2) is 5.06. The molecule has 0 unspecified atom stereocenters. The molecule has 0 aliphatic heterocycles. The van der Waals surface area contributed by atoms with E-state index in [9.17, 15) is 4.79 Å². The maximum absolute atomic E-state index is 11.1. The largest absolute Gasteiger partial charge is 0.495 e. The van der Waals surface area contributed by atoms with Crippen molar-refractivity contribution in [1.29, 1.82) is 0 Å². The molecule has 1 aliphatic rings. The number of aliphatic carboxylic acids is 1. The van der Waals surface area contributed by atoms with Gasteiger partial charge in [0, 0.05) is 11.0 Å². The molecule has 4 heteroatoms. The number of hydrogen-bond acceptors (Lipinski definition) is 2. The van der Waals surface area contributed by atoms with Crippen molar-refractivity contribution in [2.45, 2.75) is 50.9 Å². The van der Waals surface area contributed by atoms with Gasteiger partial charge >= 0.3 is 5.97 Å². The summed E-state index contributed by atoms with van der Waals surface area (Å²) in [7, 11) is 1.64. The molecule has 1 saturated carbocycles. The van der Waals surface area contributed by atoms with Gasteiger partial charge in [-0.2, -0.15) is 0 Å². The molecule has 0 aromatic heterocycles. The Balaban J connectivity index is 2.56. The molecule has 1 aromatic carbocycles. The summed E-state index contributed by atoms with van der Waals surface area (Å²) in [5, 5.41) is 9.16. The van der Waals surface area contributed by atoms with E-state index in [1.165, 1.54) is 5.56 Å². The van der Waals surface area contributed by atoms with E-state index >= 15 is 0 Å². The molecule has 1 aromatic rings. The standard InChI is InChI=1S/C16H21BrO3/c1-15(2,3)10-7-11(14(20-4)12(17)8-10)16(5-6-16)9-13(18)19/h7-8H,5-6,9H2,1-4H3,(H,18,19). The Bertz CT molecular complexity index is 539. The predicted octanol–water partition coefficient (Wildman–Crippen LogP) is 4.26. The minimum absolute atomic E-state index is 0.0167. The van der Waals surface area contributed by atoms with Gasteiger partial charge < -0.3 is 9.84 Å². The second-order valence-electron chi connectivity index (χ2n) is 6.64. The maximum Gasteiger partial charge on any atom is 0.304 e. The van der Waals surface area contributed by atoms with Crippen LogP contribution in [0.15, 0.2) is 16.6 Å². The van der Waals surface area contributed by atoms with Crippen LogP contribution < -0.4 is 4.74 Å². The summed E-state index contributed by atoms with van der Waals surface area (Å²) in [6.07, 6.45) is 1.99. The third kappa shape index (κ3) is 2.85. The summed E-state index contributed by atoms with van der Waals surface area (Å²) >= 11 is 3.56. The number of carboxylic acid groups (broad SMARTS) is 1. The summed E-state index contributed by atoms with van der Waals surface area (Å²) < 4.78 is 6.41. The van der Waals surface area contributed by atoms with Crippen LogP contribution in [-0.2, 0) is 15.6 Å². The zero-order valence-electron chi connectivity index (χ0n) is 12.4. The van der Waals surface area contributed by atoms with Gasteiger partial charge in [-0.3, -0.25) is 4.79 Å². The second-order valence-corrected chi connectivity index (χ2v) is 7.49. The molecular weight excluding hydrogens is 320 g/mol. The van der Waals surface area contributed by atoms with Crippen LogP contribution in [0.1, 0.15) is 51.2 Å². The summed E-state index contributed by atoms with van der Waals surface area (Å²) in [5.74, 6) is 0.0265. The molecule has 3 nitrogen and oxygen atoms in total. The number of methoxy groups -OCH3 is 1. The van der Waals surface area contributed by atoms with Crippen LogP contribution in [0.4, 0.5) is 0 Å². The molecule has 110 valence electrons. The van der Waals surface area contributed by atoms with Gasteiger partial charge in [0.25, 0.3) is 0 Å². The van der Waals surface area contributed by atoms with E-state index in [1.54, 1.807) is 7.11 Å². The van der Waals surface area contributed by atoms with Gasteiger partial charge in [0.2, 0.25) is 0 Å². The highest BCUT2D eigenvalue weighted by Gasteiger charge is 2.48. The van der Waals surface area contributed by atoms with E-state index in [0.717, 1.165) is 28.6 Å². The van der Waals surface area contributed by atoms with Crippen molar-refractivity contribution >= 4 is 21.9 Å². The first-order valence-electron chi connectivity index (χ1n) is 6.80. The molecule has 1 fully saturated rings. The molecule has 1 aliphatic carbocycles. The molecule has 0 spiro atoms. The first-order valence-corrected chi connectivity index (χ1v) is 7.59. The van der Waals surface area contributed by atoms with Crippen LogP contribution in [0.5, 0.6) is 5.75 Å². The summed E-state index contributed by atoms with van der Waals surface area (Å²) in [6, 6.07) is 4.19. The molecule has 0 atom stereocenters. The van der Waals surface area contributed by atoms with E-state index in [4.69, 9.17) is 9.84 Å². The number of hydrogen-bond donors (Lipinski definition) is 1. The first kappa shape index (κ1) is 15.4. The SMILES string of the molecule is COc1c(Br)cc(C(C)(C)C)cc1C1(CC(=O)O)CC1. The van der Waals surface area contributed by atoms with Crippen molar-refractivity contribution in [2.24, 2.45) is 0 Å². The molecular formula is C16H21BrO3. The van der Waals surface area contributed by atoms with Crippen molar-refractivity contribution in [1.82, 2.24) is 0 Å². The van der Waals surface area contributed by atoms with Gasteiger partial charge in [0.1, 0.15) is 5.75 Å². The minimum atomic E-state index is -0.748. The van der Waals surface area contributed by atoms with E-state index in [-0.39, 0.29) is 17.3 Å². The normalized spacial score (nSPS) is 16.9. The van der Waals surface area contributed by atoms with E-state index < -0.39 is 5.97 Å². The fourth-order valence-corrected chi connectivity index (χ4v) is 3.23. The Morgan fingerprint density at radius 3 is 2.40 bits per heavy atom. The lowest BCUT2D eigenvalue weighted by molar-refractivity contribution is -0.137. The number of halogens is 1. The van der Waals surface area contributed by atoms with Gasteiger partial charge in [-0.25, -0.2) is 0 Å². The maximum atomic E-state index is 11.1. The number of rotatable bonds is 4. The summed E-state index contributed by atoms with van der Waals surface area (Å²) in [4.78, 5) is 11.1. The Labute approximate surface area is 128 Å². The number of ether oxygens (including phenoxy) is 1. The topological polar surface area (TPSA) is 46.5 Å². The fourth-order valence-electron chi connectivity index (χ4n) is 2.61. The molecule has 0 radical (unpaired) electrons. The molecule has 0 heterocycles. The highest BCUT2D eigenvalue weighted by Crippen LogP contribution is 2.55. The van der Waals surface area contributed by atoms with Crippen molar-refractivity contribution < 1.29 is 14.6 Å². The zero-order valence-corrected chi connectivity index (χ0v) is 14.0. The highest BCUT2D eigenvalue weighted by molar-refractivity contribution is 9.10. The van der Waals surface area contributed by atoms with Crippen LogP contribution in [0.25, 0.3) is 0 Å². The van der Waals surface area contributed by atoms with Gasteiger partial charge in [0.05, 0.1) is 18.0 Å². The third-order valence-electron chi connectivity index (χ3n) is 4.03. The van der Waals surface area contributed by atoms with E-state index in [2.05, 4.69) is 48.8 Å². The van der Waals surface area contributed by atoms with Gasteiger partial charge in [0.15, 0.2) is 0 Å². The first-order chi connectivity index (χ1) is 9.19. The monoisotopic (exact) mass is 340 g/mol. The highest BCUT2D eigenvalue weighted by atomic mass is 79.9. The van der Waals surface area contributed by atoms with Crippen LogP contribution in [0.2, 0.25) is 0 Å². The molecule has 1 N–H and O–H groups in total. The Hall–Kier alpha value is -1.03. The Morgan fingerprint density at radius 1 is 1.40 bits per heavy atom. The van der Waals surface area contributed by atoms with Crippen molar-refractivity contribution in [3.05, 3.63) is 27.7 Å². The smallest absolute Gasteiger partial charge is 0.304 e. The lowest BCUT2D eigenvalue weighted by Gasteiger charge is -2.25. The van der Waals surface area contributed by atoms with E-state index in [0.29, 0.717) is 0 Å². The average Bonchev–Trinajstić information content (AvgIpc) is 3.06. The zero-order chi connectivity index (χ0) is 15.1. The molecule has 2 rings (SSSR count). The summed E-state index contributed by atoms with van der Waals surface area (Å²) in [6.45, 7) is 6.46. The van der Waals surface area contributed by atoms with Crippen molar-refractivity contribution in [3.8, 4) is 5.75 Å². The fraction of sp³-hybridized carbons (Fsp3) is 0.562. The van der Waals surface area contributed by atoms with Gasteiger partial charge in [-0.05, 0) is 45.8 Å². The van der Waals surface area contributed by atoms with Crippen LogP contribution in [0.3, 0.4) is 0 Å². The Morgan fingerprint density at radius 2 is 2.00 bits per heavy atom. The molecule has 0 amide bonds. The average molecular weight is 341 g/mol. The molecule has 20 heavy (non-hydrogen) atoms.